The highest BCUT2D eigenvalue weighted by molar-refractivity contribution is 6.30. The van der Waals surface area contributed by atoms with Crippen molar-refractivity contribution in [1.29, 1.82) is 5.41 Å². The molecular formula is C23H19ClFN3O. The lowest BCUT2D eigenvalue weighted by atomic mass is 10.0. The van der Waals surface area contributed by atoms with Crippen molar-refractivity contribution in [2.45, 2.75) is 18.9 Å². The molecule has 29 heavy (non-hydrogen) atoms. The van der Waals surface area contributed by atoms with Gasteiger partial charge in [0, 0.05) is 40.3 Å². The Morgan fingerprint density at radius 1 is 1.10 bits per heavy atom. The Hall–Kier alpha value is -3.18. The lowest BCUT2D eigenvalue weighted by molar-refractivity contribution is -0.117. The van der Waals surface area contributed by atoms with Gasteiger partial charge < -0.3 is 15.6 Å². The number of nitrogens with zero attached hydrogens (tertiary/aromatic N) is 1. The molecule has 4 rings (SSSR count). The Bertz CT molecular complexity index is 1070. The Morgan fingerprint density at radius 3 is 2.62 bits per heavy atom. The van der Waals surface area contributed by atoms with E-state index in [1.54, 1.807) is 17.0 Å². The van der Waals surface area contributed by atoms with Crippen molar-refractivity contribution in [3.8, 4) is 0 Å². The summed E-state index contributed by atoms with van der Waals surface area (Å²) in [6, 6.07) is 19.0. The fraction of sp³-hybridized carbons (Fsp3) is 0.130. The van der Waals surface area contributed by atoms with Gasteiger partial charge in [-0.2, -0.15) is 0 Å². The molecule has 0 spiro atoms. The van der Waals surface area contributed by atoms with Crippen molar-refractivity contribution in [2.75, 3.05) is 10.2 Å². The lowest BCUT2D eigenvalue weighted by Gasteiger charge is -2.26. The van der Waals surface area contributed by atoms with E-state index in [0.717, 1.165) is 16.9 Å². The molecule has 1 aliphatic heterocycles. The van der Waals surface area contributed by atoms with Gasteiger partial charge in [0.05, 0.1) is 6.04 Å². The molecule has 3 aromatic rings. The van der Waals surface area contributed by atoms with Crippen LogP contribution < -0.4 is 10.2 Å². The van der Waals surface area contributed by atoms with Gasteiger partial charge in [0.1, 0.15) is 5.82 Å². The largest absolute Gasteiger partial charge is 0.355 e. The van der Waals surface area contributed by atoms with Crippen LogP contribution in [-0.4, -0.2) is 12.1 Å². The summed E-state index contributed by atoms with van der Waals surface area (Å²) in [6.45, 7) is 0. The van der Waals surface area contributed by atoms with Crippen LogP contribution in [0.1, 0.15) is 30.0 Å². The second kappa shape index (κ2) is 8.05. The maximum absolute atomic E-state index is 13.1. The fourth-order valence-corrected chi connectivity index (χ4v) is 3.86. The molecule has 1 unspecified atom stereocenters. The van der Waals surface area contributed by atoms with Gasteiger partial charge in [0.25, 0.3) is 0 Å². The number of halogens is 2. The minimum Gasteiger partial charge on any atom is -0.355 e. The van der Waals surface area contributed by atoms with Gasteiger partial charge in [-0.1, -0.05) is 23.7 Å². The van der Waals surface area contributed by atoms with Crippen molar-refractivity contribution < 1.29 is 9.18 Å². The Kier molecular flexibility index (Phi) is 5.32. The monoisotopic (exact) mass is 407 g/mol. The summed E-state index contributed by atoms with van der Waals surface area (Å²) in [4.78, 5) is 14.4. The van der Waals surface area contributed by atoms with E-state index in [1.807, 2.05) is 42.5 Å². The molecule has 2 N–H and O–H groups in total. The predicted molar refractivity (Wildman–Crippen MR) is 115 cm³/mol. The van der Waals surface area contributed by atoms with Crippen LogP contribution in [-0.2, 0) is 4.79 Å². The molecule has 1 atom stereocenters. The van der Waals surface area contributed by atoms with Gasteiger partial charge in [0.15, 0.2) is 0 Å². The number of anilines is 3. The minimum absolute atomic E-state index is 0.0464. The second-order valence-corrected chi connectivity index (χ2v) is 7.36. The molecule has 4 nitrogen and oxygen atoms in total. The molecule has 0 aliphatic carbocycles. The molecule has 0 saturated carbocycles. The first kappa shape index (κ1) is 19.2. The summed E-state index contributed by atoms with van der Waals surface area (Å²) < 4.78 is 13.1. The van der Waals surface area contributed by atoms with Crippen molar-refractivity contribution in [3.63, 3.8) is 0 Å². The first-order valence-electron chi connectivity index (χ1n) is 9.30. The standard InChI is InChI=1S/C23H19ClFN3O/c24-17-3-1-2-15(12-17)22-10-11-23(29)28(22)20-8-9-21(16(13-20)14-26)27-19-6-4-18(25)5-7-19/h1-9,12-14,22,26-27H,10-11H2. The average molecular weight is 408 g/mol. The molecule has 0 aromatic heterocycles. The van der Waals surface area contributed by atoms with Gasteiger partial charge in [-0.25, -0.2) is 4.39 Å². The number of amides is 1. The van der Waals surface area contributed by atoms with Crippen LogP contribution in [0.3, 0.4) is 0 Å². The number of carbonyl (C=O) groups excluding carboxylic acids is 1. The van der Waals surface area contributed by atoms with Crippen LogP contribution >= 0.6 is 11.6 Å². The highest BCUT2D eigenvalue weighted by atomic mass is 35.5. The van der Waals surface area contributed by atoms with Gasteiger partial charge in [-0.05, 0) is 66.6 Å². The van der Waals surface area contributed by atoms with E-state index in [4.69, 9.17) is 17.0 Å². The second-order valence-electron chi connectivity index (χ2n) is 6.92. The van der Waals surface area contributed by atoms with Gasteiger partial charge >= 0.3 is 0 Å². The van der Waals surface area contributed by atoms with Crippen molar-refractivity contribution >= 4 is 40.8 Å². The minimum atomic E-state index is -0.308. The molecule has 1 fully saturated rings. The molecule has 1 amide bonds. The molecule has 6 heteroatoms. The van der Waals surface area contributed by atoms with E-state index in [9.17, 15) is 9.18 Å². The van der Waals surface area contributed by atoms with Crippen LogP contribution in [0.5, 0.6) is 0 Å². The summed E-state index contributed by atoms with van der Waals surface area (Å²) in [5.41, 5.74) is 3.79. The number of nitrogens with one attached hydrogen (secondary N) is 2. The molecule has 1 saturated heterocycles. The number of carbonyl (C=O) groups is 1. The van der Waals surface area contributed by atoms with Crippen LogP contribution in [0.15, 0.2) is 66.7 Å². The average Bonchev–Trinajstić information content (AvgIpc) is 3.11. The molecular weight excluding hydrogens is 389 g/mol. The number of hydrogen-bond donors (Lipinski definition) is 2. The zero-order valence-electron chi connectivity index (χ0n) is 15.5. The molecule has 3 aromatic carbocycles. The van der Waals surface area contributed by atoms with Gasteiger partial charge in [-0.15, -0.1) is 0 Å². The lowest BCUT2D eigenvalue weighted by Crippen LogP contribution is -2.27. The van der Waals surface area contributed by atoms with Crippen molar-refractivity contribution in [1.82, 2.24) is 0 Å². The van der Waals surface area contributed by atoms with Crippen LogP contribution in [0.4, 0.5) is 21.5 Å². The fourth-order valence-electron chi connectivity index (χ4n) is 3.66. The normalized spacial score (nSPS) is 16.1. The van der Waals surface area contributed by atoms with E-state index in [1.165, 1.54) is 18.3 Å². The zero-order valence-corrected chi connectivity index (χ0v) is 16.3. The zero-order chi connectivity index (χ0) is 20.4. The Balaban J connectivity index is 1.66. The van der Waals surface area contributed by atoms with Crippen molar-refractivity contribution in [3.05, 3.63) is 88.7 Å². The van der Waals surface area contributed by atoms with E-state index in [-0.39, 0.29) is 17.8 Å². The van der Waals surface area contributed by atoms with E-state index in [0.29, 0.717) is 29.1 Å². The maximum Gasteiger partial charge on any atom is 0.227 e. The van der Waals surface area contributed by atoms with Crippen molar-refractivity contribution in [2.24, 2.45) is 0 Å². The first-order chi connectivity index (χ1) is 14.0. The number of rotatable bonds is 5. The quantitative estimate of drug-likeness (QED) is 0.503. The van der Waals surface area contributed by atoms with Gasteiger partial charge in [-0.3, -0.25) is 4.79 Å². The van der Waals surface area contributed by atoms with Crippen LogP contribution in [0.2, 0.25) is 5.02 Å². The van der Waals surface area contributed by atoms with Crippen LogP contribution in [0, 0.1) is 11.2 Å². The molecule has 0 radical (unpaired) electrons. The summed E-state index contributed by atoms with van der Waals surface area (Å²) in [5.74, 6) is -0.261. The third kappa shape index (κ3) is 4.00. The summed E-state index contributed by atoms with van der Waals surface area (Å²) in [6.07, 6.45) is 2.42. The van der Waals surface area contributed by atoms with E-state index in [2.05, 4.69) is 5.32 Å². The smallest absolute Gasteiger partial charge is 0.227 e. The molecule has 1 aliphatic rings. The highest BCUT2D eigenvalue weighted by Gasteiger charge is 2.33. The van der Waals surface area contributed by atoms with E-state index >= 15 is 0 Å². The van der Waals surface area contributed by atoms with E-state index < -0.39 is 0 Å². The highest BCUT2D eigenvalue weighted by Crippen LogP contribution is 2.38. The maximum atomic E-state index is 13.1. The molecule has 146 valence electrons. The predicted octanol–water partition coefficient (Wildman–Crippen LogP) is 6.09. The summed E-state index contributed by atoms with van der Waals surface area (Å²) in [7, 11) is 0. The SMILES string of the molecule is N=Cc1cc(N2C(=O)CCC2c2cccc(Cl)c2)ccc1Nc1ccc(F)cc1. The third-order valence-corrected chi connectivity index (χ3v) is 5.27. The molecule has 0 bridgehead atoms. The summed E-state index contributed by atoms with van der Waals surface area (Å²) in [5, 5.41) is 11.6. The van der Waals surface area contributed by atoms with Crippen LogP contribution in [0.25, 0.3) is 0 Å². The van der Waals surface area contributed by atoms with Gasteiger partial charge in [0.2, 0.25) is 5.91 Å². The Morgan fingerprint density at radius 2 is 1.90 bits per heavy atom. The first-order valence-corrected chi connectivity index (χ1v) is 9.67. The molecule has 1 heterocycles. The number of benzene rings is 3. The number of hydrogen-bond acceptors (Lipinski definition) is 3. The summed E-state index contributed by atoms with van der Waals surface area (Å²) >= 11 is 6.14. The Labute approximate surface area is 173 Å². The third-order valence-electron chi connectivity index (χ3n) is 5.04. The topological polar surface area (TPSA) is 56.2 Å².